The summed E-state index contributed by atoms with van der Waals surface area (Å²) in [4.78, 5) is 0. The molecule has 0 spiro atoms. The van der Waals surface area contributed by atoms with E-state index in [0.717, 1.165) is 0 Å². The fourth-order valence-corrected chi connectivity index (χ4v) is 2.33. The minimum absolute atomic E-state index is 0.00111. The molecule has 0 aliphatic carbocycles. The number of para-hydroxylation sites is 1. The lowest BCUT2D eigenvalue weighted by Crippen LogP contribution is -1.95. The number of ether oxygens (including phenoxy) is 2. The fourth-order valence-electron chi connectivity index (χ4n) is 1.86. The van der Waals surface area contributed by atoms with Crippen molar-refractivity contribution in [1.29, 1.82) is 0 Å². The van der Waals surface area contributed by atoms with Gasteiger partial charge in [0.1, 0.15) is 5.75 Å². The van der Waals surface area contributed by atoms with Gasteiger partial charge in [-0.2, -0.15) is 0 Å². The summed E-state index contributed by atoms with van der Waals surface area (Å²) in [5, 5.41) is 0.623. The van der Waals surface area contributed by atoms with Crippen LogP contribution in [0, 0.1) is 5.82 Å². The SMILES string of the molecule is COc1c(Cl)cccc1-c1ccc(Cl)c(OC)c1F. The van der Waals surface area contributed by atoms with E-state index in [4.69, 9.17) is 32.7 Å². The van der Waals surface area contributed by atoms with Crippen molar-refractivity contribution in [2.75, 3.05) is 14.2 Å². The second kappa shape index (κ2) is 5.68. The molecule has 2 aromatic rings. The molecule has 0 N–H and O–H groups in total. The first-order valence-electron chi connectivity index (χ1n) is 5.45. The fraction of sp³-hybridized carbons (Fsp3) is 0.143. The van der Waals surface area contributed by atoms with E-state index in [-0.39, 0.29) is 10.8 Å². The quantitative estimate of drug-likeness (QED) is 0.809. The van der Waals surface area contributed by atoms with Gasteiger partial charge < -0.3 is 9.47 Å². The van der Waals surface area contributed by atoms with E-state index in [2.05, 4.69) is 0 Å². The number of hydrogen-bond acceptors (Lipinski definition) is 2. The largest absolute Gasteiger partial charge is 0.495 e. The molecule has 2 nitrogen and oxygen atoms in total. The molecule has 100 valence electrons. The molecule has 0 aromatic heterocycles. The lowest BCUT2D eigenvalue weighted by Gasteiger charge is -2.13. The van der Waals surface area contributed by atoms with Gasteiger partial charge in [0.25, 0.3) is 0 Å². The Morgan fingerprint density at radius 3 is 2.11 bits per heavy atom. The van der Waals surface area contributed by atoms with E-state index >= 15 is 0 Å². The second-order valence-corrected chi connectivity index (χ2v) is 4.58. The predicted molar refractivity (Wildman–Crippen MR) is 75.0 cm³/mol. The molecule has 19 heavy (non-hydrogen) atoms. The monoisotopic (exact) mass is 300 g/mol. The third kappa shape index (κ3) is 2.48. The Hall–Kier alpha value is -1.45. The highest BCUT2D eigenvalue weighted by atomic mass is 35.5. The highest BCUT2D eigenvalue weighted by Crippen LogP contribution is 2.41. The molecule has 0 atom stereocenters. The van der Waals surface area contributed by atoms with Crippen LogP contribution in [0.2, 0.25) is 10.0 Å². The molecule has 0 saturated carbocycles. The zero-order chi connectivity index (χ0) is 14.0. The van der Waals surface area contributed by atoms with Crippen LogP contribution in [0.5, 0.6) is 11.5 Å². The maximum atomic E-state index is 14.4. The van der Waals surface area contributed by atoms with E-state index < -0.39 is 5.82 Å². The topological polar surface area (TPSA) is 18.5 Å². The minimum atomic E-state index is -0.546. The van der Waals surface area contributed by atoms with Crippen molar-refractivity contribution in [1.82, 2.24) is 0 Å². The molecule has 5 heteroatoms. The van der Waals surface area contributed by atoms with E-state index in [1.807, 2.05) is 0 Å². The molecular formula is C14H11Cl2FO2. The van der Waals surface area contributed by atoms with Gasteiger partial charge >= 0.3 is 0 Å². The van der Waals surface area contributed by atoms with E-state index in [9.17, 15) is 4.39 Å². The van der Waals surface area contributed by atoms with Gasteiger partial charge in [-0.05, 0) is 18.2 Å². The van der Waals surface area contributed by atoms with Crippen LogP contribution in [-0.4, -0.2) is 14.2 Å². The average Bonchev–Trinajstić information content (AvgIpc) is 2.39. The Labute approximate surface area is 120 Å². The molecule has 0 saturated heterocycles. The Morgan fingerprint density at radius 1 is 0.842 bits per heavy atom. The summed E-state index contributed by atoms with van der Waals surface area (Å²) in [6.07, 6.45) is 0. The second-order valence-electron chi connectivity index (χ2n) is 3.76. The molecule has 0 aliphatic heterocycles. The molecule has 0 aliphatic rings. The predicted octanol–water partition coefficient (Wildman–Crippen LogP) is 4.82. The summed E-state index contributed by atoms with van der Waals surface area (Å²) < 4.78 is 24.5. The standard InChI is InChI=1S/C14H11Cl2FO2/c1-18-13-9(4-3-5-10(13)15)8-6-7-11(16)14(19-2)12(8)17/h3-7H,1-2H3. The van der Waals surface area contributed by atoms with Crippen LogP contribution < -0.4 is 9.47 Å². The molecule has 0 unspecified atom stereocenters. The highest BCUT2D eigenvalue weighted by molar-refractivity contribution is 6.33. The first-order chi connectivity index (χ1) is 9.10. The van der Waals surface area contributed by atoms with Crippen LogP contribution in [0.1, 0.15) is 0 Å². The first-order valence-corrected chi connectivity index (χ1v) is 6.20. The zero-order valence-electron chi connectivity index (χ0n) is 10.3. The lowest BCUT2D eigenvalue weighted by atomic mass is 10.0. The summed E-state index contributed by atoms with van der Waals surface area (Å²) in [5.41, 5.74) is 0.864. The van der Waals surface area contributed by atoms with Gasteiger partial charge in [-0.3, -0.25) is 0 Å². The minimum Gasteiger partial charge on any atom is -0.495 e. The van der Waals surface area contributed by atoms with Gasteiger partial charge in [-0.15, -0.1) is 0 Å². The normalized spacial score (nSPS) is 10.4. The Balaban J connectivity index is 2.70. The van der Waals surface area contributed by atoms with Gasteiger partial charge in [0, 0.05) is 11.1 Å². The van der Waals surface area contributed by atoms with Gasteiger partial charge in [0.2, 0.25) is 0 Å². The van der Waals surface area contributed by atoms with Gasteiger partial charge in [0.15, 0.2) is 11.6 Å². The maximum absolute atomic E-state index is 14.4. The number of benzene rings is 2. The van der Waals surface area contributed by atoms with E-state index in [0.29, 0.717) is 21.9 Å². The van der Waals surface area contributed by atoms with E-state index in [1.165, 1.54) is 14.2 Å². The first kappa shape index (κ1) is 14.0. The van der Waals surface area contributed by atoms with Crippen molar-refractivity contribution in [3.63, 3.8) is 0 Å². The van der Waals surface area contributed by atoms with Crippen LogP contribution in [0.4, 0.5) is 4.39 Å². The van der Waals surface area contributed by atoms with Crippen molar-refractivity contribution in [2.24, 2.45) is 0 Å². The third-order valence-electron chi connectivity index (χ3n) is 2.71. The van der Waals surface area contributed by atoms with Gasteiger partial charge in [0.05, 0.1) is 24.3 Å². The highest BCUT2D eigenvalue weighted by Gasteiger charge is 2.18. The van der Waals surface area contributed by atoms with Crippen molar-refractivity contribution in [3.8, 4) is 22.6 Å². The zero-order valence-corrected chi connectivity index (χ0v) is 11.8. The molecule has 2 aromatic carbocycles. The molecule has 0 bridgehead atoms. The van der Waals surface area contributed by atoms with Crippen LogP contribution in [0.3, 0.4) is 0 Å². The van der Waals surface area contributed by atoms with Crippen molar-refractivity contribution in [2.45, 2.75) is 0 Å². The smallest absolute Gasteiger partial charge is 0.174 e. The summed E-state index contributed by atoms with van der Waals surface area (Å²) in [7, 11) is 2.85. The summed E-state index contributed by atoms with van der Waals surface area (Å²) >= 11 is 11.9. The Morgan fingerprint density at radius 2 is 1.47 bits per heavy atom. The molecule has 0 amide bonds. The van der Waals surface area contributed by atoms with Gasteiger partial charge in [-0.1, -0.05) is 35.3 Å². The summed E-state index contributed by atoms with van der Waals surface area (Å²) in [6, 6.07) is 8.25. The molecule has 2 rings (SSSR count). The molecule has 0 heterocycles. The van der Waals surface area contributed by atoms with Gasteiger partial charge in [-0.25, -0.2) is 4.39 Å². The molecular weight excluding hydrogens is 290 g/mol. The van der Waals surface area contributed by atoms with Crippen molar-refractivity contribution >= 4 is 23.2 Å². The Kier molecular flexibility index (Phi) is 4.17. The third-order valence-corrected chi connectivity index (χ3v) is 3.31. The number of hydrogen-bond donors (Lipinski definition) is 0. The number of methoxy groups -OCH3 is 2. The number of rotatable bonds is 3. The van der Waals surface area contributed by atoms with E-state index in [1.54, 1.807) is 30.3 Å². The summed E-state index contributed by atoms with van der Waals surface area (Å²) in [6.45, 7) is 0. The van der Waals surface area contributed by atoms with Crippen LogP contribution in [-0.2, 0) is 0 Å². The van der Waals surface area contributed by atoms with Crippen LogP contribution >= 0.6 is 23.2 Å². The molecule has 0 radical (unpaired) electrons. The maximum Gasteiger partial charge on any atom is 0.174 e. The number of halogens is 3. The summed E-state index contributed by atoms with van der Waals surface area (Å²) in [5.74, 6) is -0.135. The van der Waals surface area contributed by atoms with Crippen LogP contribution in [0.25, 0.3) is 11.1 Å². The Bertz CT molecular complexity index is 615. The van der Waals surface area contributed by atoms with Crippen LogP contribution in [0.15, 0.2) is 30.3 Å². The molecule has 0 fully saturated rings. The van der Waals surface area contributed by atoms with Crippen molar-refractivity contribution < 1.29 is 13.9 Å². The average molecular weight is 301 g/mol. The van der Waals surface area contributed by atoms with Crippen molar-refractivity contribution in [3.05, 3.63) is 46.2 Å². The lowest BCUT2D eigenvalue weighted by molar-refractivity contribution is 0.387.